The molecule has 0 saturated heterocycles. The van der Waals surface area contributed by atoms with Crippen LogP contribution in [0, 0.1) is 18.3 Å². The number of hydrogen-bond donors (Lipinski definition) is 1. The second-order valence-electron chi connectivity index (χ2n) is 7.79. The van der Waals surface area contributed by atoms with E-state index in [1.807, 2.05) is 0 Å². The molecule has 4 rings (SSSR count). The number of quaternary nitrogens is 1. The molecular weight excluding hydrogens is 280 g/mol. The molecule has 2 heteroatoms. The van der Waals surface area contributed by atoms with Crippen LogP contribution in [0.1, 0.15) is 37.4 Å². The Morgan fingerprint density at radius 3 is 2.57 bits per heavy atom. The molecule has 2 nitrogen and oxygen atoms in total. The third-order valence-electron chi connectivity index (χ3n) is 6.30. The summed E-state index contributed by atoms with van der Waals surface area (Å²) in [4.78, 5) is 0. The average Bonchev–Trinajstić information content (AvgIpc) is 2.96. The zero-order valence-electron chi connectivity index (χ0n) is 14.7. The lowest BCUT2D eigenvalue weighted by Crippen LogP contribution is -2.50. The van der Waals surface area contributed by atoms with Crippen LogP contribution in [0.3, 0.4) is 0 Å². The molecule has 120 valence electrons. The van der Waals surface area contributed by atoms with Crippen LogP contribution in [0.15, 0.2) is 36.4 Å². The molecule has 0 spiro atoms. The summed E-state index contributed by atoms with van der Waals surface area (Å²) in [5, 5.41) is 4.15. The van der Waals surface area contributed by atoms with Gasteiger partial charge in [-0.2, -0.15) is 0 Å². The molecule has 1 aromatic heterocycles. The predicted octanol–water partition coefficient (Wildman–Crippen LogP) is 4.01. The van der Waals surface area contributed by atoms with E-state index in [2.05, 4.69) is 74.5 Å². The Morgan fingerprint density at radius 1 is 1.09 bits per heavy atom. The average molecular weight is 307 g/mol. The molecule has 0 amide bonds. The molecule has 1 fully saturated rings. The first-order valence-corrected chi connectivity index (χ1v) is 8.74. The molecule has 0 radical (unpaired) electrons. The van der Waals surface area contributed by atoms with Crippen molar-refractivity contribution in [2.75, 3.05) is 6.54 Å². The van der Waals surface area contributed by atoms with Gasteiger partial charge in [-0.15, -0.1) is 0 Å². The standard InChI is InChI=1S/C21H26N2/c1-13-18(19-17(11-12-22)21(19,2)3)16-10-9-14-7-5-6-8-15(14)20(16)23(13)4/h5-10,17,19H,11-12,22H2,1-4H3/p+1/t17-,19+/m0/s1. The maximum absolute atomic E-state index is 4.09. The number of benzene rings is 2. The van der Waals surface area contributed by atoms with Gasteiger partial charge in [-0.05, 0) is 35.1 Å². The van der Waals surface area contributed by atoms with Gasteiger partial charge in [0.2, 0.25) is 0 Å². The molecule has 2 atom stereocenters. The Bertz CT molecular complexity index is 901. The quantitative estimate of drug-likeness (QED) is 0.758. The van der Waals surface area contributed by atoms with Crippen molar-refractivity contribution in [2.45, 2.75) is 33.1 Å². The monoisotopic (exact) mass is 307 g/mol. The molecule has 1 aliphatic rings. The molecule has 1 saturated carbocycles. The third-order valence-corrected chi connectivity index (χ3v) is 6.30. The van der Waals surface area contributed by atoms with E-state index in [1.165, 1.54) is 33.8 Å². The van der Waals surface area contributed by atoms with E-state index in [0.29, 0.717) is 11.3 Å². The Labute approximate surface area is 138 Å². The highest BCUT2D eigenvalue weighted by molar-refractivity contribution is 6.07. The van der Waals surface area contributed by atoms with Crippen LogP contribution in [-0.2, 0) is 7.05 Å². The lowest BCUT2D eigenvalue weighted by molar-refractivity contribution is -0.369. The highest BCUT2D eigenvalue weighted by Gasteiger charge is 2.58. The minimum absolute atomic E-state index is 0.405. The predicted molar refractivity (Wildman–Crippen MR) is 97.5 cm³/mol. The fourth-order valence-corrected chi connectivity index (χ4v) is 4.85. The first-order valence-electron chi connectivity index (χ1n) is 8.74. The molecular formula is C21H27N2+. The molecule has 2 aromatic carbocycles. The van der Waals surface area contributed by atoms with Crippen LogP contribution >= 0.6 is 0 Å². The summed E-state index contributed by atoms with van der Waals surface area (Å²) in [5.74, 6) is 1.45. The maximum atomic E-state index is 4.09. The van der Waals surface area contributed by atoms with E-state index < -0.39 is 0 Å². The lowest BCUT2D eigenvalue weighted by Gasteiger charge is -2.04. The highest BCUT2D eigenvalue weighted by atomic mass is 15.0. The van der Waals surface area contributed by atoms with Gasteiger partial charge in [-0.25, -0.2) is 0 Å². The Balaban J connectivity index is 1.99. The number of hydrogen-bond acceptors (Lipinski definition) is 0. The van der Waals surface area contributed by atoms with Gasteiger partial charge < -0.3 is 10.3 Å². The number of nitrogens with zero attached hydrogens (tertiary/aromatic N) is 1. The number of aromatic nitrogens is 1. The van der Waals surface area contributed by atoms with E-state index in [-0.39, 0.29) is 0 Å². The fraction of sp³-hybridized carbons (Fsp3) is 0.429. The van der Waals surface area contributed by atoms with Gasteiger partial charge in [0.25, 0.3) is 0 Å². The highest BCUT2D eigenvalue weighted by Crippen LogP contribution is 2.67. The molecule has 0 aliphatic heterocycles. The lowest BCUT2D eigenvalue weighted by atomic mass is 9.98. The smallest absolute Gasteiger partial charge is 0.0742 e. The van der Waals surface area contributed by atoms with Gasteiger partial charge in [0.15, 0.2) is 0 Å². The summed E-state index contributed by atoms with van der Waals surface area (Å²) in [6.07, 6.45) is 1.24. The van der Waals surface area contributed by atoms with E-state index in [9.17, 15) is 0 Å². The third kappa shape index (κ3) is 1.91. The summed E-state index contributed by atoms with van der Waals surface area (Å²) in [6, 6.07) is 13.4. The van der Waals surface area contributed by atoms with Gasteiger partial charge >= 0.3 is 0 Å². The Kier molecular flexibility index (Phi) is 3.11. The minimum Gasteiger partial charge on any atom is -0.358 e. The minimum atomic E-state index is 0.405. The Morgan fingerprint density at radius 2 is 1.83 bits per heavy atom. The van der Waals surface area contributed by atoms with Crippen LogP contribution in [0.5, 0.6) is 0 Å². The Hall–Kier alpha value is -1.80. The fourth-order valence-electron chi connectivity index (χ4n) is 4.85. The SMILES string of the molecule is Cc1c([C@H]2[C@H](CC[NH3+])C2(C)C)c2ccc3ccccc3c2n1C. The van der Waals surface area contributed by atoms with E-state index in [1.54, 1.807) is 5.56 Å². The zero-order chi connectivity index (χ0) is 16.4. The van der Waals surface area contributed by atoms with Crippen LogP contribution in [-0.4, -0.2) is 11.1 Å². The molecule has 0 bridgehead atoms. The van der Waals surface area contributed by atoms with Crippen LogP contribution in [0.25, 0.3) is 21.7 Å². The second kappa shape index (κ2) is 4.85. The van der Waals surface area contributed by atoms with Gasteiger partial charge in [0, 0.05) is 29.9 Å². The zero-order valence-corrected chi connectivity index (χ0v) is 14.7. The van der Waals surface area contributed by atoms with Crippen molar-refractivity contribution in [3.63, 3.8) is 0 Å². The summed E-state index contributed by atoms with van der Waals surface area (Å²) in [6.45, 7) is 8.19. The van der Waals surface area contributed by atoms with Crippen molar-refractivity contribution in [3.8, 4) is 0 Å². The van der Waals surface area contributed by atoms with Crippen molar-refractivity contribution in [2.24, 2.45) is 18.4 Å². The first kappa shape index (κ1) is 14.8. The number of fused-ring (bicyclic) bond motifs is 3. The molecule has 0 unspecified atom stereocenters. The summed E-state index contributed by atoms with van der Waals surface area (Å²) >= 11 is 0. The van der Waals surface area contributed by atoms with Crippen molar-refractivity contribution in [1.29, 1.82) is 0 Å². The second-order valence-corrected chi connectivity index (χ2v) is 7.79. The summed E-state index contributed by atoms with van der Waals surface area (Å²) in [5.41, 5.74) is 8.90. The molecule has 23 heavy (non-hydrogen) atoms. The van der Waals surface area contributed by atoms with Crippen molar-refractivity contribution in [3.05, 3.63) is 47.7 Å². The van der Waals surface area contributed by atoms with E-state index in [0.717, 1.165) is 12.5 Å². The van der Waals surface area contributed by atoms with Crippen molar-refractivity contribution in [1.82, 2.24) is 4.57 Å². The topological polar surface area (TPSA) is 32.6 Å². The normalized spacial score (nSPS) is 22.8. The van der Waals surface area contributed by atoms with Gasteiger partial charge in [0.1, 0.15) is 0 Å². The first-order chi connectivity index (χ1) is 11.0. The summed E-state index contributed by atoms with van der Waals surface area (Å²) in [7, 11) is 2.22. The number of rotatable bonds is 3. The number of aryl methyl sites for hydroxylation is 1. The largest absolute Gasteiger partial charge is 0.358 e. The molecule has 1 heterocycles. The molecule has 3 N–H and O–H groups in total. The van der Waals surface area contributed by atoms with E-state index in [4.69, 9.17) is 0 Å². The van der Waals surface area contributed by atoms with Crippen LogP contribution in [0.2, 0.25) is 0 Å². The van der Waals surface area contributed by atoms with Crippen molar-refractivity contribution < 1.29 is 5.73 Å². The van der Waals surface area contributed by atoms with Gasteiger partial charge in [-0.1, -0.05) is 50.2 Å². The summed E-state index contributed by atoms with van der Waals surface area (Å²) < 4.78 is 2.41. The van der Waals surface area contributed by atoms with Gasteiger partial charge in [-0.3, -0.25) is 0 Å². The van der Waals surface area contributed by atoms with Crippen LogP contribution < -0.4 is 5.73 Å². The van der Waals surface area contributed by atoms with Crippen molar-refractivity contribution >= 4 is 21.7 Å². The maximum Gasteiger partial charge on any atom is 0.0742 e. The van der Waals surface area contributed by atoms with Gasteiger partial charge in [0.05, 0.1) is 12.1 Å². The molecule has 3 aromatic rings. The molecule has 1 aliphatic carbocycles. The van der Waals surface area contributed by atoms with Crippen LogP contribution in [0.4, 0.5) is 0 Å². The van der Waals surface area contributed by atoms with E-state index >= 15 is 0 Å².